The molecule has 0 saturated carbocycles. The highest BCUT2D eigenvalue weighted by atomic mass is 16.4. The second kappa shape index (κ2) is 4.60. The van der Waals surface area contributed by atoms with Gasteiger partial charge in [-0.3, -0.25) is 4.68 Å². The number of nitrogens with zero attached hydrogens (tertiary/aromatic N) is 4. The van der Waals surface area contributed by atoms with Crippen molar-refractivity contribution in [3.8, 4) is 0 Å². The van der Waals surface area contributed by atoms with Crippen molar-refractivity contribution in [2.24, 2.45) is 7.05 Å². The average molecular weight is 233 g/mol. The third-order valence-electron chi connectivity index (χ3n) is 2.22. The highest BCUT2D eigenvalue weighted by molar-refractivity contribution is 5.85. The van der Waals surface area contributed by atoms with Crippen LogP contribution in [0.2, 0.25) is 0 Å². The largest absolute Gasteiger partial charge is 0.477 e. The van der Waals surface area contributed by atoms with Gasteiger partial charge in [-0.1, -0.05) is 0 Å². The van der Waals surface area contributed by atoms with E-state index in [9.17, 15) is 4.79 Å². The van der Waals surface area contributed by atoms with Gasteiger partial charge in [-0.25, -0.2) is 14.8 Å². The van der Waals surface area contributed by atoms with E-state index in [0.717, 1.165) is 5.69 Å². The first kappa shape index (κ1) is 11.1. The van der Waals surface area contributed by atoms with Crippen LogP contribution in [0, 0.1) is 0 Å². The zero-order valence-electron chi connectivity index (χ0n) is 9.16. The van der Waals surface area contributed by atoms with Gasteiger partial charge < -0.3 is 10.4 Å². The van der Waals surface area contributed by atoms with Crippen molar-refractivity contribution in [1.82, 2.24) is 19.7 Å². The lowest BCUT2D eigenvalue weighted by atomic mass is 10.4. The number of carboxylic acid groups (broad SMARTS) is 1. The summed E-state index contributed by atoms with van der Waals surface area (Å²) in [7, 11) is 1.82. The van der Waals surface area contributed by atoms with Crippen LogP contribution >= 0.6 is 0 Å². The van der Waals surface area contributed by atoms with Gasteiger partial charge in [0.15, 0.2) is 5.69 Å². The van der Waals surface area contributed by atoms with Gasteiger partial charge in [0.2, 0.25) is 5.95 Å². The highest BCUT2D eigenvalue weighted by Crippen LogP contribution is 2.03. The van der Waals surface area contributed by atoms with E-state index in [0.29, 0.717) is 6.54 Å². The van der Waals surface area contributed by atoms with Gasteiger partial charge in [0, 0.05) is 19.4 Å². The van der Waals surface area contributed by atoms with Crippen LogP contribution in [-0.4, -0.2) is 30.8 Å². The van der Waals surface area contributed by atoms with Crippen molar-refractivity contribution in [3.05, 3.63) is 35.9 Å². The number of nitrogens with one attached hydrogen (secondary N) is 1. The molecule has 0 aliphatic heterocycles. The normalized spacial score (nSPS) is 10.2. The number of aryl methyl sites for hydroxylation is 1. The molecule has 0 amide bonds. The number of rotatable bonds is 4. The molecule has 0 radical (unpaired) electrons. The molecule has 2 rings (SSSR count). The van der Waals surface area contributed by atoms with Crippen molar-refractivity contribution in [1.29, 1.82) is 0 Å². The molecule has 0 saturated heterocycles. The first-order valence-corrected chi connectivity index (χ1v) is 4.94. The van der Waals surface area contributed by atoms with Gasteiger partial charge in [-0.15, -0.1) is 0 Å². The molecule has 17 heavy (non-hydrogen) atoms. The topological polar surface area (TPSA) is 92.9 Å². The Kier molecular flexibility index (Phi) is 2.99. The molecule has 0 fully saturated rings. The Morgan fingerprint density at radius 1 is 1.47 bits per heavy atom. The second-order valence-corrected chi connectivity index (χ2v) is 3.37. The SMILES string of the molecule is Cn1nccc1CNc1nccc(C(=O)O)n1. The highest BCUT2D eigenvalue weighted by Gasteiger charge is 2.06. The minimum Gasteiger partial charge on any atom is -0.477 e. The molecule has 2 aromatic rings. The van der Waals surface area contributed by atoms with Gasteiger partial charge in [0.1, 0.15) is 0 Å². The lowest BCUT2D eigenvalue weighted by Gasteiger charge is -2.05. The number of aromatic nitrogens is 4. The molecule has 7 nitrogen and oxygen atoms in total. The Hall–Kier alpha value is -2.44. The average Bonchev–Trinajstić information content (AvgIpc) is 2.72. The fraction of sp³-hybridized carbons (Fsp3) is 0.200. The Morgan fingerprint density at radius 2 is 2.29 bits per heavy atom. The number of aromatic carboxylic acids is 1. The predicted molar refractivity (Wildman–Crippen MR) is 59.5 cm³/mol. The van der Waals surface area contributed by atoms with Crippen molar-refractivity contribution in [2.75, 3.05) is 5.32 Å². The molecule has 0 atom stereocenters. The van der Waals surface area contributed by atoms with Gasteiger partial charge in [-0.2, -0.15) is 5.10 Å². The Morgan fingerprint density at radius 3 is 2.94 bits per heavy atom. The summed E-state index contributed by atoms with van der Waals surface area (Å²) in [4.78, 5) is 18.5. The first-order chi connectivity index (χ1) is 8.16. The van der Waals surface area contributed by atoms with Crippen LogP contribution in [-0.2, 0) is 13.6 Å². The van der Waals surface area contributed by atoms with E-state index < -0.39 is 5.97 Å². The lowest BCUT2D eigenvalue weighted by Crippen LogP contribution is -2.09. The monoisotopic (exact) mass is 233 g/mol. The summed E-state index contributed by atoms with van der Waals surface area (Å²) in [5.41, 5.74) is 0.918. The standard InChI is InChI=1S/C10H11N5O2/c1-15-7(2-5-13-15)6-12-10-11-4-3-8(14-10)9(16)17/h2-5H,6H2,1H3,(H,16,17)(H,11,12,14). The molecule has 0 bridgehead atoms. The molecule has 2 heterocycles. The van der Waals surface area contributed by atoms with Crippen molar-refractivity contribution in [2.45, 2.75) is 6.54 Å². The molecule has 0 aromatic carbocycles. The molecule has 0 aliphatic rings. The summed E-state index contributed by atoms with van der Waals surface area (Å²) in [5, 5.41) is 15.7. The summed E-state index contributed by atoms with van der Waals surface area (Å²) < 4.78 is 1.72. The molecule has 7 heteroatoms. The summed E-state index contributed by atoms with van der Waals surface area (Å²) in [5.74, 6) is -0.790. The van der Waals surface area contributed by atoms with Crippen LogP contribution in [0.25, 0.3) is 0 Å². The Bertz CT molecular complexity index is 537. The molecule has 2 N–H and O–H groups in total. The van der Waals surface area contributed by atoms with E-state index in [1.54, 1.807) is 10.9 Å². The number of hydrogen-bond acceptors (Lipinski definition) is 5. The van der Waals surface area contributed by atoms with Crippen LogP contribution < -0.4 is 5.32 Å². The quantitative estimate of drug-likeness (QED) is 0.799. The van der Waals surface area contributed by atoms with Crippen molar-refractivity contribution in [3.63, 3.8) is 0 Å². The molecule has 0 unspecified atom stereocenters. The third kappa shape index (κ3) is 2.57. The van der Waals surface area contributed by atoms with Gasteiger partial charge in [0.25, 0.3) is 0 Å². The zero-order valence-corrected chi connectivity index (χ0v) is 9.16. The minimum absolute atomic E-state index is 0.0347. The zero-order chi connectivity index (χ0) is 12.3. The Labute approximate surface area is 97.1 Å². The van der Waals surface area contributed by atoms with E-state index in [1.807, 2.05) is 13.1 Å². The smallest absolute Gasteiger partial charge is 0.354 e. The molecule has 88 valence electrons. The second-order valence-electron chi connectivity index (χ2n) is 3.37. The summed E-state index contributed by atoms with van der Waals surface area (Å²) >= 11 is 0. The van der Waals surface area contributed by atoms with Crippen LogP contribution in [0.1, 0.15) is 16.2 Å². The predicted octanol–water partition coefficient (Wildman–Crippen LogP) is 0.520. The minimum atomic E-state index is -1.07. The molecular weight excluding hydrogens is 222 g/mol. The summed E-state index contributed by atoms with van der Waals surface area (Å²) in [6, 6.07) is 3.20. The van der Waals surface area contributed by atoms with Crippen LogP contribution in [0.5, 0.6) is 0 Å². The fourth-order valence-electron chi connectivity index (χ4n) is 1.31. The maximum absolute atomic E-state index is 10.7. The number of carbonyl (C=O) groups is 1. The van der Waals surface area contributed by atoms with E-state index in [1.165, 1.54) is 12.3 Å². The van der Waals surface area contributed by atoms with Gasteiger partial charge >= 0.3 is 5.97 Å². The maximum Gasteiger partial charge on any atom is 0.354 e. The maximum atomic E-state index is 10.7. The fourth-order valence-corrected chi connectivity index (χ4v) is 1.31. The number of hydrogen-bond donors (Lipinski definition) is 2. The third-order valence-corrected chi connectivity index (χ3v) is 2.22. The van der Waals surface area contributed by atoms with Gasteiger partial charge in [0.05, 0.1) is 12.2 Å². The van der Waals surface area contributed by atoms with E-state index in [4.69, 9.17) is 5.11 Å². The van der Waals surface area contributed by atoms with E-state index in [-0.39, 0.29) is 11.6 Å². The van der Waals surface area contributed by atoms with Crippen molar-refractivity contribution >= 4 is 11.9 Å². The van der Waals surface area contributed by atoms with E-state index in [2.05, 4.69) is 20.4 Å². The Balaban J connectivity index is 2.07. The lowest BCUT2D eigenvalue weighted by molar-refractivity contribution is 0.0690. The van der Waals surface area contributed by atoms with Crippen LogP contribution in [0.4, 0.5) is 5.95 Å². The summed E-state index contributed by atoms with van der Waals surface area (Å²) in [6.45, 7) is 0.486. The van der Waals surface area contributed by atoms with Crippen LogP contribution in [0.15, 0.2) is 24.5 Å². The number of carboxylic acids is 1. The molecule has 2 aromatic heterocycles. The summed E-state index contributed by atoms with van der Waals surface area (Å²) in [6.07, 6.45) is 3.09. The molecule has 0 spiro atoms. The molecule has 0 aliphatic carbocycles. The van der Waals surface area contributed by atoms with E-state index >= 15 is 0 Å². The molecular formula is C10H11N5O2. The van der Waals surface area contributed by atoms with Gasteiger partial charge in [-0.05, 0) is 12.1 Å². The van der Waals surface area contributed by atoms with Crippen LogP contribution in [0.3, 0.4) is 0 Å². The number of anilines is 1. The first-order valence-electron chi connectivity index (χ1n) is 4.94. The van der Waals surface area contributed by atoms with Crippen molar-refractivity contribution < 1.29 is 9.90 Å².